The lowest BCUT2D eigenvalue weighted by molar-refractivity contribution is 0.464. The van der Waals surface area contributed by atoms with Gasteiger partial charge in [-0.1, -0.05) is 0 Å². The highest BCUT2D eigenvalue weighted by Crippen LogP contribution is 2.39. The highest BCUT2D eigenvalue weighted by Gasteiger charge is 2.29. The summed E-state index contributed by atoms with van der Waals surface area (Å²) in [5.74, 6) is -1.11. The first-order valence-corrected chi connectivity index (χ1v) is 8.49. The molecule has 3 rings (SSSR count). The topological polar surface area (TPSA) is 43.4 Å². The average molecular weight is 375 g/mol. The van der Waals surface area contributed by atoms with Gasteiger partial charge in [-0.15, -0.1) is 0 Å². The summed E-state index contributed by atoms with van der Waals surface area (Å²) in [6.07, 6.45) is 0.382. The molecule has 0 spiro atoms. The second kappa shape index (κ2) is 5.06. The smallest absolute Gasteiger partial charge is 0.179 e. The molecule has 0 unspecified atom stereocenters. The van der Waals surface area contributed by atoms with Crippen LogP contribution < -0.4 is 4.74 Å². The lowest BCUT2D eigenvalue weighted by Crippen LogP contribution is -1.98. The summed E-state index contributed by atoms with van der Waals surface area (Å²) in [7, 11) is -3.24. The lowest BCUT2D eigenvalue weighted by atomic mass is 10.1. The van der Waals surface area contributed by atoms with Gasteiger partial charge in [-0.3, -0.25) is 0 Å². The largest absolute Gasteiger partial charge is 0.456 e. The third-order valence-electron chi connectivity index (χ3n) is 3.18. The first kappa shape index (κ1) is 14.5. The fourth-order valence-corrected chi connectivity index (χ4v) is 4.55. The molecule has 21 heavy (non-hydrogen) atoms. The maximum atomic E-state index is 13.1. The molecule has 1 heterocycles. The fraction of sp³-hybridized carbons (Fsp3) is 0.143. The monoisotopic (exact) mass is 374 g/mol. The van der Waals surface area contributed by atoms with E-state index in [1.807, 2.05) is 0 Å². The summed E-state index contributed by atoms with van der Waals surface area (Å²) in [5.41, 5.74) is 0.629. The van der Waals surface area contributed by atoms with Gasteiger partial charge < -0.3 is 4.74 Å². The molecule has 2 aromatic rings. The maximum absolute atomic E-state index is 13.1. The Balaban J connectivity index is 2.02. The van der Waals surface area contributed by atoms with Gasteiger partial charge in [0.1, 0.15) is 23.1 Å². The predicted molar refractivity (Wildman–Crippen MR) is 76.3 cm³/mol. The molecule has 1 aliphatic heterocycles. The van der Waals surface area contributed by atoms with Crippen molar-refractivity contribution in [2.45, 2.75) is 11.3 Å². The van der Waals surface area contributed by atoms with Crippen LogP contribution in [-0.2, 0) is 16.3 Å². The van der Waals surface area contributed by atoms with Gasteiger partial charge in [0.25, 0.3) is 0 Å². The summed E-state index contributed by atoms with van der Waals surface area (Å²) in [6.45, 7) is 0. The summed E-state index contributed by atoms with van der Waals surface area (Å²) < 4.78 is 55.8. The molecule has 2 aromatic carbocycles. The molecule has 0 aliphatic carbocycles. The number of rotatable bonds is 2. The third kappa shape index (κ3) is 2.67. The van der Waals surface area contributed by atoms with Crippen molar-refractivity contribution in [2.75, 3.05) is 5.75 Å². The summed E-state index contributed by atoms with van der Waals surface area (Å²) >= 11 is 3.30. The second-order valence-electron chi connectivity index (χ2n) is 4.63. The number of ether oxygens (including phenoxy) is 1. The van der Waals surface area contributed by atoms with E-state index in [2.05, 4.69) is 15.9 Å². The highest BCUT2D eigenvalue weighted by atomic mass is 79.9. The van der Waals surface area contributed by atoms with E-state index in [1.165, 1.54) is 12.1 Å². The predicted octanol–water partition coefficient (Wildman–Crippen LogP) is 3.85. The molecular formula is C14H9BrF2O3S. The van der Waals surface area contributed by atoms with Crippen molar-refractivity contribution >= 4 is 25.8 Å². The van der Waals surface area contributed by atoms with Crippen LogP contribution >= 0.6 is 15.9 Å². The number of halogens is 3. The van der Waals surface area contributed by atoms with Gasteiger partial charge in [0, 0.05) is 18.2 Å². The maximum Gasteiger partial charge on any atom is 0.179 e. The van der Waals surface area contributed by atoms with Crippen LogP contribution in [0.3, 0.4) is 0 Å². The van der Waals surface area contributed by atoms with Gasteiger partial charge in [-0.2, -0.15) is 0 Å². The molecule has 0 saturated heterocycles. The number of hydrogen-bond donors (Lipinski definition) is 0. The first-order valence-electron chi connectivity index (χ1n) is 6.05. The third-order valence-corrected chi connectivity index (χ3v) is 5.85. The van der Waals surface area contributed by atoms with E-state index in [1.54, 1.807) is 0 Å². The molecule has 0 aromatic heterocycles. The Morgan fingerprint density at radius 1 is 1.10 bits per heavy atom. The average Bonchev–Trinajstić information content (AvgIpc) is 2.68. The Labute approximate surface area is 128 Å². The molecule has 0 atom stereocenters. The van der Waals surface area contributed by atoms with Gasteiger partial charge in [-0.25, -0.2) is 17.2 Å². The van der Waals surface area contributed by atoms with Crippen molar-refractivity contribution in [3.63, 3.8) is 0 Å². The Kier molecular flexibility index (Phi) is 3.49. The Morgan fingerprint density at radius 3 is 2.43 bits per heavy atom. The van der Waals surface area contributed by atoms with Crippen LogP contribution in [0.15, 0.2) is 39.7 Å². The zero-order chi connectivity index (χ0) is 15.2. The molecule has 0 saturated carbocycles. The number of benzene rings is 2. The van der Waals surface area contributed by atoms with Crippen molar-refractivity contribution in [1.29, 1.82) is 0 Å². The molecule has 3 nitrogen and oxygen atoms in total. The normalized spacial score (nSPS) is 15.8. The summed E-state index contributed by atoms with van der Waals surface area (Å²) in [5, 5.41) is 0. The zero-order valence-corrected chi connectivity index (χ0v) is 13.0. The Bertz CT molecular complexity index is 814. The van der Waals surface area contributed by atoms with E-state index < -0.39 is 21.5 Å². The minimum absolute atomic E-state index is 0.00834. The molecule has 7 heteroatoms. The molecule has 0 fully saturated rings. The van der Waals surface area contributed by atoms with E-state index in [4.69, 9.17) is 4.74 Å². The first-order chi connectivity index (χ1) is 9.87. The van der Waals surface area contributed by atoms with Crippen molar-refractivity contribution in [3.05, 3.63) is 52.0 Å². The van der Waals surface area contributed by atoms with E-state index in [0.717, 1.165) is 18.2 Å². The highest BCUT2D eigenvalue weighted by molar-refractivity contribution is 9.10. The minimum atomic E-state index is -3.24. The lowest BCUT2D eigenvalue weighted by Gasteiger charge is -2.10. The SMILES string of the molecule is O=S1(=O)CCc2c1ccc(Oc1cc(F)cc(F)c1)c2Br. The van der Waals surface area contributed by atoms with Gasteiger partial charge in [0.2, 0.25) is 0 Å². The quantitative estimate of drug-likeness (QED) is 0.801. The van der Waals surface area contributed by atoms with Crippen molar-refractivity contribution in [1.82, 2.24) is 0 Å². The van der Waals surface area contributed by atoms with Crippen LogP contribution in [-0.4, -0.2) is 14.2 Å². The molecule has 110 valence electrons. The molecule has 0 N–H and O–H groups in total. The van der Waals surface area contributed by atoms with Gasteiger partial charge in [0.05, 0.1) is 15.1 Å². The van der Waals surface area contributed by atoms with Crippen molar-refractivity contribution in [2.24, 2.45) is 0 Å². The van der Waals surface area contributed by atoms with Crippen LogP contribution in [0.2, 0.25) is 0 Å². The van der Waals surface area contributed by atoms with Gasteiger partial charge in [0.15, 0.2) is 9.84 Å². The summed E-state index contributed by atoms with van der Waals surface area (Å²) in [4.78, 5) is 0.271. The Hall–Kier alpha value is -1.47. The number of sulfone groups is 1. The van der Waals surface area contributed by atoms with E-state index >= 15 is 0 Å². The van der Waals surface area contributed by atoms with Crippen LogP contribution in [0.25, 0.3) is 0 Å². The number of hydrogen-bond acceptors (Lipinski definition) is 3. The molecule has 0 amide bonds. The minimum Gasteiger partial charge on any atom is -0.456 e. The standard InChI is InChI=1S/C14H9BrF2O3S/c15-14-11-3-4-21(18,19)13(11)2-1-12(14)20-10-6-8(16)5-9(17)7-10/h1-2,5-7H,3-4H2. The summed E-state index contributed by atoms with van der Waals surface area (Å²) in [6, 6.07) is 5.78. The van der Waals surface area contributed by atoms with Crippen LogP contribution in [0.5, 0.6) is 11.5 Å². The fourth-order valence-electron chi connectivity index (χ4n) is 2.25. The van der Waals surface area contributed by atoms with Crippen molar-refractivity contribution in [3.8, 4) is 11.5 Å². The van der Waals surface area contributed by atoms with Crippen LogP contribution in [0, 0.1) is 11.6 Å². The molecule has 0 bridgehead atoms. The van der Waals surface area contributed by atoms with Crippen LogP contribution in [0.1, 0.15) is 5.56 Å². The van der Waals surface area contributed by atoms with Crippen LogP contribution in [0.4, 0.5) is 8.78 Å². The van der Waals surface area contributed by atoms with Gasteiger partial charge in [-0.05, 0) is 40.0 Å². The number of fused-ring (bicyclic) bond motifs is 1. The van der Waals surface area contributed by atoms with E-state index in [-0.39, 0.29) is 16.4 Å². The van der Waals surface area contributed by atoms with E-state index in [9.17, 15) is 17.2 Å². The molecular weight excluding hydrogens is 366 g/mol. The Morgan fingerprint density at radius 2 is 1.76 bits per heavy atom. The van der Waals surface area contributed by atoms with Gasteiger partial charge >= 0.3 is 0 Å². The van der Waals surface area contributed by atoms with E-state index in [0.29, 0.717) is 22.2 Å². The second-order valence-corrected chi connectivity index (χ2v) is 7.50. The molecule has 0 radical (unpaired) electrons. The molecule has 1 aliphatic rings. The van der Waals surface area contributed by atoms with Crippen molar-refractivity contribution < 1.29 is 21.9 Å². The zero-order valence-electron chi connectivity index (χ0n) is 10.6.